The molecule has 2 nitrogen and oxygen atoms in total. The van der Waals surface area contributed by atoms with E-state index in [1.165, 1.54) is 0 Å². The molecule has 0 aliphatic heterocycles. The van der Waals surface area contributed by atoms with Gasteiger partial charge in [0.2, 0.25) is 0 Å². The van der Waals surface area contributed by atoms with Crippen molar-refractivity contribution in [3.05, 3.63) is 49.5 Å². The van der Waals surface area contributed by atoms with Crippen molar-refractivity contribution in [1.82, 2.24) is 0 Å². The standard InChI is InChI=1S/C12H9BrClIN2/c13-7-4-5-9(15)11(6-7)17-10-3-1-2-8(14)12(10)16/h1-6,17H,16H2. The van der Waals surface area contributed by atoms with E-state index >= 15 is 0 Å². The van der Waals surface area contributed by atoms with Crippen LogP contribution in [0, 0.1) is 3.57 Å². The predicted octanol–water partition coefficient (Wildman–Crippen LogP) is 5.03. The molecule has 0 bridgehead atoms. The van der Waals surface area contributed by atoms with Gasteiger partial charge in [0.05, 0.1) is 22.1 Å². The quantitative estimate of drug-likeness (QED) is 0.525. The molecule has 2 aromatic rings. The second kappa shape index (κ2) is 5.46. The molecule has 2 rings (SSSR count). The first-order chi connectivity index (χ1) is 8.08. The fourth-order valence-corrected chi connectivity index (χ4v) is 2.39. The van der Waals surface area contributed by atoms with Crippen molar-refractivity contribution in [3.8, 4) is 0 Å². The minimum Gasteiger partial charge on any atom is -0.396 e. The summed E-state index contributed by atoms with van der Waals surface area (Å²) in [6, 6.07) is 11.6. The Hall–Kier alpha value is -0.460. The Kier molecular flexibility index (Phi) is 4.17. The lowest BCUT2D eigenvalue weighted by Crippen LogP contribution is -1.98. The highest BCUT2D eigenvalue weighted by molar-refractivity contribution is 14.1. The molecule has 0 aliphatic rings. The van der Waals surface area contributed by atoms with Crippen LogP contribution in [0.4, 0.5) is 17.1 Å². The number of para-hydroxylation sites is 1. The second-order valence-electron chi connectivity index (χ2n) is 3.45. The van der Waals surface area contributed by atoms with Crippen molar-refractivity contribution in [2.45, 2.75) is 0 Å². The zero-order valence-electron chi connectivity index (χ0n) is 8.68. The van der Waals surface area contributed by atoms with E-state index in [1.54, 1.807) is 6.07 Å². The molecule has 88 valence electrons. The Morgan fingerprint density at radius 3 is 2.71 bits per heavy atom. The van der Waals surface area contributed by atoms with Crippen LogP contribution >= 0.6 is 50.1 Å². The van der Waals surface area contributed by atoms with Crippen LogP contribution in [0.3, 0.4) is 0 Å². The van der Waals surface area contributed by atoms with Crippen LogP contribution in [-0.4, -0.2) is 0 Å². The maximum absolute atomic E-state index is 5.97. The predicted molar refractivity (Wildman–Crippen MR) is 86.0 cm³/mol. The minimum atomic E-state index is 0.556. The average Bonchev–Trinajstić information content (AvgIpc) is 2.30. The van der Waals surface area contributed by atoms with Crippen molar-refractivity contribution < 1.29 is 0 Å². The Labute approximate surface area is 127 Å². The zero-order valence-corrected chi connectivity index (χ0v) is 13.2. The topological polar surface area (TPSA) is 38.0 Å². The molecule has 0 spiro atoms. The van der Waals surface area contributed by atoms with E-state index in [1.807, 2.05) is 30.3 Å². The number of anilines is 3. The molecule has 0 atom stereocenters. The van der Waals surface area contributed by atoms with Crippen LogP contribution < -0.4 is 11.1 Å². The van der Waals surface area contributed by atoms with E-state index in [9.17, 15) is 0 Å². The summed E-state index contributed by atoms with van der Waals surface area (Å²) in [7, 11) is 0. The van der Waals surface area contributed by atoms with Gasteiger partial charge >= 0.3 is 0 Å². The molecule has 0 amide bonds. The van der Waals surface area contributed by atoms with Crippen molar-refractivity contribution >= 4 is 67.2 Å². The molecule has 0 radical (unpaired) electrons. The van der Waals surface area contributed by atoms with Gasteiger partial charge in [0.15, 0.2) is 0 Å². The summed E-state index contributed by atoms with van der Waals surface area (Å²) in [5.74, 6) is 0. The van der Waals surface area contributed by atoms with E-state index in [4.69, 9.17) is 17.3 Å². The summed E-state index contributed by atoms with van der Waals surface area (Å²) >= 11 is 11.7. The molecule has 0 aromatic heterocycles. The van der Waals surface area contributed by atoms with Crippen molar-refractivity contribution in [2.75, 3.05) is 11.1 Å². The number of halogens is 3. The summed E-state index contributed by atoms with van der Waals surface area (Å²) < 4.78 is 2.13. The van der Waals surface area contributed by atoms with Gasteiger partial charge in [-0.15, -0.1) is 0 Å². The fraction of sp³-hybridized carbons (Fsp3) is 0. The summed E-state index contributed by atoms with van der Waals surface area (Å²) in [4.78, 5) is 0. The smallest absolute Gasteiger partial charge is 0.0742 e. The molecular weight excluding hydrogens is 414 g/mol. The van der Waals surface area contributed by atoms with Gasteiger partial charge in [-0.1, -0.05) is 33.6 Å². The molecule has 0 fully saturated rings. The molecule has 2 aromatic carbocycles. The van der Waals surface area contributed by atoms with Crippen LogP contribution in [0.1, 0.15) is 0 Å². The highest BCUT2D eigenvalue weighted by atomic mass is 127. The van der Waals surface area contributed by atoms with Crippen LogP contribution in [0.2, 0.25) is 5.02 Å². The largest absolute Gasteiger partial charge is 0.396 e. The van der Waals surface area contributed by atoms with Crippen LogP contribution in [0.5, 0.6) is 0 Å². The van der Waals surface area contributed by atoms with Gasteiger partial charge in [-0.3, -0.25) is 0 Å². The molecule has 0 heterocycles. The first-order valence-electron chi connectivity index (χ1n) is 4.84. The molecular formula is C12H9BrClIN2. The fourth-order valence-electron chi connectivity index (χ4n) is 1.38. The molecule has 5 heteroatoms. The molecule has 0 saturated heterocycles. The molecule has 3 N–H and O–H groups in total. The van der Waals surface area contributed by atoms with Crippen molar-refractivity contribution in [1.29, 1.82) is 0 Å². The van der Waals surface area contributed by atoms with E-state index < -0.39 is 0 Å². The van der Waals surface area contributed by atoms with Gasteiger partial charge in [0.1, 0.15) is 0 Å². The van der Waals surface area contributed by atoms with E-state index in [2.05, 4.69) is 43.8 Å². The monoisotopic (exact) mass is 422 g/mol. The number of nitrogen functional groups attached to an aromatic ring is 1. The maximum Gasteiger partial charge on any atom is 0.0742 e. The SMILES string of the molecule is Nc1c(Cl)cccc1Nc1cc(Br)ccc1I. The summed E-state index contributed by atoms with van der Waals surface area (Å²) in [5, 5.41) is 3.83. The number of hydrogen-bond acceptors (Lipinski definition) is 2. The molecule has 0 unspecified atom stereocenters. The normalized spacial score (nSPS) is 10.3. The first kappa shape index (κ1) is 13.0. The Bertz CT molecular complexity index is 560. The molecule has 0 aliphatic carbocycles. The molecule has 17 heavy (non-hydrogen) atoms. The van der Waals surface area contributed by atoms with Crippen LogP contribution in [0.15, 0.2) is 40.9 Å². The third kappa shape index (κ3) is 3.05. The van der Waals surface area contributed by atoms with Crippen LogP contribution in [-0.2, 0) is 0 Å². The van der Waals surface area contributed by atoms with Crippen molar-refractivity contribution in [3.63, 3.8) is 0 Å². The first-order valence-corrected chi connectivity index (χ1v) is 7.09. The number of nitrogens with two attached hydrogens (primary N) is 1. The Morgan fingerprint density at radius 1 is 1.18 bits per heavy atom. The summed E-state index contributed by atoms with van der Waals surface area (Å²) in [6.07, 6.45) is 0. The summed E-state index contributed by atoms with van der Waals surface area (Å²) in [6.45, 7) is 0. The third-order valence-electron chi connectivity index (χ3n) is 2.25. The zero-order chi connectivity index (χ0) is 12.4. The van der Waals surface area contributed by atoms with Crippen molar-refractivity contribution in [2.24, 2.45) is 0 Å². The Balaban J connectivity index is 2.38. The number of hydrogen-bond donors (Lipinski definition) is 2. The van der Waals surface area contributed by atoms with Gasteiger partial charge in [-0.2, -0.15) is 0 Å². The van der Waals surface area contributed by atoms with Gasteiger partial charge < -0.3 is 11.1 Å². The lowest BCUT2D eigenvalue weighted by molar-refractivity contribution is 1.50. The van der Waals surface area contributed by atoms with E-state index in [0.29, 0.717) is 10.7 Å². The molecule has 0 saturated carbocycles. The highest BCUT2D eigenvalue weighted by Crippen LogP contribution is 2.32. The lowest BCUT2D eigenvalue weighted by Gasteiger charge is -2.12. The lowest BCUT2D eigenvalue weighted by atomic mass is 10.2. The highest BCUT2D eigenvalue weighted by Gasteiger charge is 2.05. The average molecular weight is 423 g/mol. The van der Waals surface area contributed by atoms with Gasteiger partial charge in [-0.05, 0) is 52.9 Å². The van der Waals surface area contributed by atoms with Crippen LogP contribution in [0.25, 0.3) is 0 Å². The maximum atomic E-state index is 5.97. The third-order valence-corrected chi connectivity index (χ3v) is 4.01. The second-order valence-corrected chi connectivity index (χ2v) is 5.94. The van der Waals surface area contributed by atoms with Gasteiger partial charge in [0, 0.05) is 8.04 Å². The minimum absolute atomic E-state index is 0.556. The van der Waals surface area contributed by atoms with E-state index in [0.717, 1.165) is 19.4 Å². The Morgan fingerprint density at radius 2 is 1.94 bits per heavy atom. The number of rotatable bonds is 2. The van der Waals surface area contributed by atoms with Gasteiger partial charge in [-0.25, -0.2) is 0 Å². The van der Waals surface area contributed by atoms with E-state index in [-0.39, 0.29) is 0 Å². The number of nitrogens with one attached hydrogen (secondary N) is 1. The summed E-state index contributed by atoms with van der Waals surface area (Å²) in [5.41, 5.74) is 8.28. The van der Waals surface area contributed by atoms with Gasteiger partial charge in [0.25, 0.3) is 0 Å². The number of benzene rings is 2.